The highest BCUT2D eigenvalue weighted by atomic mass is 32.1. The predicted molar refractivity (Wildman–Crippen MR) is 102 cm³/mol. The zero-order valence-electron chi connectivity index (χ0n) is 15.1. The molecule has 0 saturated carbocycles. The van der Waals surface area contributed by atoms with Crippen LogP contribution in [0, 0.1) is 12.8 Å². The molecule has 3 aromatic heterocycles. The fourth-order valence-electron chi connectivity index (χ4n) is 2.54. The fourth-order valence-corrected chi connectivity index (χ4v) is 3.24. The molecule has 3 heterocycles. The molecule has 3 aromatic rings. The van der Waals surface area contributed by atoms with Crippen LogP contribution in [-0.2, 0) is 17.8 Å². The summed E-state index contributed by atoms with van der Waals surface area (Å²) >= 11 is 1.28. The minimum atomic E-state index is -0.279. The second kappa shape index (κ2) is 8.63. The summed E-state index contributed by atoms with van der Waals surface area (Å²) in [6, 6.07) is 3.48. The lowest BCUT2D eigenvalue weighted by Gasteiger charge is -2.12. The maximum Gasteiger partial charge on any atom is 0.260 e. The van der Waals surface area contributed by atoms with E-state index in [0.29, 0.717) is 28.7 Å². The van der Waals surface area contributed by atoms with Crippen LogP contribution in [0.1, 0.15) is 28.7 Å². The van der Waals surface area contributed by atoms with Gasteiger partial charge in [-0.15, -0.1) is 11.3 Å². The molecule has 1 unspecified atom stereocenters. The smallest absolute Gasteiger partial charge is 0.260 e. The molecule has 142 valence electrons. The van der Waals surface area contributed by atoms with E-state index in [1.165, 1.54) is 17.6 Å². The molecular formula is C18H21N5O3S. The fraction of sp³-hybridized carbons (Fsp3) is 0.333. The first kappa shape index (κ1) is 18.8. The van der Waals surface area contributed by atoms with E-state index in [2.05, 4.69) is 27.6 Å². The maximum absolute atomic E-state index is 12.1. The quantitative estimate of drug-likeness (QED) is 0.618. The Morgan fingerprint density at radius 2 is 2.26 bits per heavy atom. The Hall–Kier alpha value is -2.94. The summed E-state index contributed by atoms with van der Waals surface area (Å²) in [4.78, 5) is 28.6. The van der Waals surface area contributed by atoms with E-state index < -0.39 is 0 Å². The summed E-state index contributed by atoms with van der Waals surface area (Å²) < 4.78 is 6.97. The lowest BCUT2D eigenvalue weighted by atomic mass is 10.2. The van der Waals surface area contributed by atoms with Crippen molar-refractivity contribution in [3.63, 3.8) is 0 Å². The Morgan fingerprint density at radius 1 is 1.41 bits per heavy atom. The minimum absolute atomic E-state index is 0.101. The Bertz CT molecular complexity index is 900. The second-order valence-electron chi connectivity index (χ2n) is 6.30. The van der Waals surface area contributed by atoms with Gasteiger partial charge in [0.1, 0.15) is 5.76 Å². The van der Waals surface area contributed by atoms with Gasteiger partial charge in [-0.2, -0.15) is 5.10 Å². The number of amides is 2. The monoisotopic (exact) mass is 387 g/mol. The average molecular weight is 387 g/mol. The number of hydrogen-bond donors (Lipinski definition) is 2. The van der Waals surface area contributed by atoms with Crippen molar-refractivity contribution in [2.24, 2.45) is 5.92 Å². The molecule has 0 saturated heterocycles. The topological polar surface area (TPSA) is 102 Å². The van der Waals surface area contributed by atoms with E-state index in [-0.39, 0.29) is 24.2 Å². The van der Waals surface area contributed by atoms with Crippen LogP contribution in [-0.4, -0.2) is 33.1 Å². The lowest BCUT2D eigenvalue weighted by molar-refractivity contribution is -0.120. The van der Waals surface area contributed by atoms with Gasteiger partial charge in [-0.25, -0.2) is 4.98 Å². The van der Waals surface area contributed by atoms with Gasteiger partial charge in [-0.05, 0) is 25.0 Å². The van der Waals surface area contributed by atoms with Crippen LogP contribution in [0.3, 0.4) is 0 Å². The molecule has 0 bridgehead atoms. The summed E-state index contributed by atoms with van der Waals surface area (Å²) in [6.07, 6.45) is 5.27. The molecule has 0 aliphatic heterocycles. The van der Waals surface area contributed by atoms with Crippen LogP contribution in [0.4, 0.5) is 5.13 Å². The molecule has 2 amide bonds. The van der Waals surface area contributed by atoms with Crippen LogP contribution in [0.25, 0.3) is 0 Å². The van der Waals surface area contributed by atoms with Crippen molar-refractivity contribution in [3.05, 3.63) is 53.2 Å². The van der Waals surface area contributed by atoms with Gasteiger partial charge in [0.05, 0.1) is 23.9 Å². The van der Waals surface area contributed by atoms with Gasteiger partial charge in [0.25, 0.3) is 5.91 Å². The SMILES string of the molecule is Cc1occc1C(=O)Nc1nc(CC(=O)NCC(C)Cn2cccn2)cs1. The number of aromatic nitrogens is 3. The number of thiazole rings is 1. The predicted octanol–water partition coefficient (Wildman–Crippen LogP) is 2.49. The molecule has 0 aromatic carbocycles. The molecule has 3 rings (SSSR count). The van der Waals surface area contributed by atoms with Crippen molar-refractivity contribution >= 4 is 28.3 Å². The molecule has 2 N–H and O–H groups in total. The highest BCUT2D eigenvalue weighted by Gasteiger charge is 2.14. The highest BCUT2D eigenvalue weighted by molar-refractivity contribution is 7.14. The Kier molecular flexibility index (Phi) is 6.02. The van der Waals surface area contributed by atoms with Gasteiger partial charge in [0, 0.05) is 30.9 Å². The largest absolute Gasteiger partial charge is 0.469 e. The summed E-state index contributed by atoms with van der Waals surface area (Å²) in [7, 11) is 0. The van der Waals surface area contributed by atoms with Gasteiger partial charge in [0.2, 0.25) is 5.91 Å². The number of rotatable bonds is 8. The van der Waals surface area contributed by atoms with Gasteiger partial charge >= 0.3 is 0 Å². The molecule has 9 heteroatoms. The maximum atomic E-state index is 12.1. The normalized spacial score (nSPS) is 11.9. The third kappa shape index (κ3) is 5.27. The molecule has 8 nitrogen and oxygen atoms in total. The third-order valence-corrected chi connectivity index (χ3v) is 4.73. The standard InChI is InChI=1S/C18H21N5O3S/c1-12(10-23-6-3-5-20-23)9-19-16(24)8-14-11-27-18(21-14)22-17(25)15-4-7-26-13(15)2/h3-7,11-12H,8-10H2,1-2H3,(H,19,24)(H,21,22,25). The van der Waals surface area contributed by atoms with Crippen molar-refractivity contribution in [2.75, 3.05) is 11.9 Å². The zero-order valence-corrected chi connectivity index (χ0v) is 16.0. The van der Waals surface area contributed by atoms with Gasteiger partial charge in [0.15, 0.2) is 5.13 Å². The highest BCUT2D eigenvalue weighted by Crippen LogP contribution is 2.18. The van der Waals surface area contributed by atoms with Crippen molar-refractivity contribution < 1.29 is 14.0 Å². The minimum Gasteiger partial charge on any atom is -0.469 e. The molecule has 0 spiro atoms. The van der Waals surface area contributed by atoms with Crippen LogP contribution in [0.5, 0.6) is 0 Å². The van der Waals surface area contributed by atoms with Gasteiger partial charge in [-0.1, -0.05) is 6.92 Å². The Morgan fingerprint density at radius 3 is 2.96 bits per heavy atom. The van der Waals surface area contributed by atoms with Crippen LogP contribution in [0.2, 0.25) is 0 Å². The lowest BCUT2D eigenvalue weighted by Crippen LogP contribution is -2.31. The Balaban J connectivity index is 1.45. The van der Waals surface area contributed by atoms with Crippen molar-refractivity contribution in [3.8, 4) is 0 Å². The number of nitrogens with zero attached hydrogens (tertiary/aromatic N) is 3. The van der Waals surface area contributed by atoms with Gasteiger partial charge < -0.3 is 9.73 Å². The van der Waals surface area contributed by atoms with E-state index in [1.807, 2.05) is 16.9 Å². The molecule has 0 aliphatic rings. The van der Waals surface area contributed by atoms with Crippen molar-refractivity contribution in [1.29, 1.82) is 0 Å². The van der Waals surface area contributed by atoms with Gasteiger partial charge in [-0.3, -0.25) is 19.6 Å². The van der Waals surface area contributed by atoms with E-state index in [0.717, 1.165) is 6.54 Å². The second-order valence-corrected chi connectivity index (χ2v) is 7.16. The first-order chi connectivity index (χ1) is 13.0. The van der Waals surface area contributed by atoms with E-state index in [4.69, 9.17) is 4.42 Å². The first-order valence-electron chi connectivity index (χ1n) is 8.55. The van der Waals surface area contributed by atoms with Crippen LogP contribution >= 0.6 is 11.3 Å². The molecule has 27 heavy (non-hydrogen) atoms. The number of carbonyl (C=O) groups excluding carboxylic acids is 2. The van der Waals surface area contributed by atoms with Crippen LogP contribution in [0.15, 0.2) is 40.6 Å². The molecule has 1 atom stereocenters. The molecular weight excluding hydrogens is 366 g/mol. The van der Waals surface area contributed by atoms with E-state index in [1.54, 1.807) is 24.6 Å². The summed E-state index contributed by atoms with van der Waals surface area (Å²) in [5.41, 5.74) is 1.09. The number of furan rings is 1. The first-order valence-corrected chi connectivity index (χ1v) is 9.43. The number of hydrogen-bond acceptors (Lipinski definition) is 6. The summed E-state index contributed by atoms with van der Waals surface area (Å²) in [5.74, 6) is 0.431. The van der Waals surface area contributed by atoms with Crippen LogP contribution < -0.4 is 10.6 Å². The summed E-state index contributed by atoms with van der Waals surface area (Å²) in [5, 5.41) is 12.0. The number of carbonyl (C=O) groups is 2. The number of anilines is 1. The molecule has 0 aliphatic carbocycles. The van der Waals surface area contributed by atoms with E-state index in [9.17, 15) is 9.59 Å². The van der Waals surface area contributed by atoms with E-state index >= 15 is 0 Å². The van der Waals surface area contributed by atoms with Crippen molar-refractivity contribution in [2.45, 2.75) is 26.8 Å². The Labute approximate surface area is 160 Å². The number of nitrogens with one attached hydrogen (secondary N) is 2. The molecule has 0 radical (unpaired) electrons. The summed E-state index contributed by atoms with van der Waals surface area (Å²) in [6.45, 7) is 5.08. The molecule has 0 fully saturated rings. The van der Waals surface area contributed by atoms with Crippen molar-refractivity contribution in [1.82, 2.24) is 20.1 Å². The average Bonchev–Trinajstić information content (AvgIpc) is 3.36. The third-order valence-electron chi connectivity index (χ3n) is 3.92. The number of aryl methyl sites for hydroxylation is 1. The zero-order chi connectivity index (χ0) is 19.2.